The number of aliphatic hydroxyl groups is 1. The zero-order chi connectivity index (χ0) is 14.3. The van der Waals surface area contributed by atoms with Crippen LogP contribution in [0.25, 0.3) is 0 Å². The number of nitrogens with zero attached hydrogens (tertiary/aromatic N) is 2. The van der Waals surface area contributed by atoms with Crippen LogP contribution in [-0.2, 0) is 4.79 Å². The number of anilines is 1. The molecule has 1 heterocycles. The molecule has 3 N–H and O–H groups in total. The van der Waals surface area contributed by atoms with Crippen LogP contribution in [0.2, 0.25) is 0 Å². The zero-order valence-corrected chi connectivity index (χ0v) is 11.7. The monoisotopic (exact) mass is 265 g/mol. The van der Waals surface area contributed by atoms with Gasteiger partial charge in [-0.3, -0.25) is 9.78 Å². The van der Waals surface area contributed by atoms with E-state index in [1.54, 1.807) is 12.3 Å². The number of primary amides is 1. The first-order chi connectivity index (χ1) is 9.08. The number of hydrogen-bond donors (Lipinski definition) is 2. The Bertz CT molecular complexity index is 392. The number of aromatic nitrogens is 1. The summed E-state index contributed by atoms with van der Waals surface area (Å²) in [5.74, 6) is -0.353. The van der Waals surface area contributed by atoms with Crippen molar-refractivity contribution in [2.24, 2.45) is 5.73 Å². The molecule has 0 spiro atoms. The Morgan fingerprint density at radius 3 is 2.68 bits per heavy atom. The number of pyridine rings is 1. The Labute approximate surface area is 114 Å². The van der Waals surface area contributed by atoms with Crippen LogP contribution >= 0.6 is 0 Å². The maximum atomic E-state index is 11.1. The molecule has 1 amide bonds. The topological polar surface area (TPSA) is 79.5 Å². The molecular formula is C14H23N3O2. The molecule has 0 radical (unpaired) electrons. The van der Waals surface area contributed by atoms with E-state index in [4.69, 9.17) is 5.73 Å². The summed E-state index contributed by atoms with van der Waals surface area (Å²) in [7, 11) is 0. The summed E-state index contributed by atoms with van der Waals surface area (Å²) in [6, 6.07) is 3.67. The normalized spacial score (nSPS) is 12.2. The van der Waals surface area contributed by atoms with Crippen LogP contribution in [0, 0.1) is 0 Å². The lowest BCUT2D eigenvalue weighted by molar-refractivity contribution is -0.116. The lowest BCUT2D eigenvalue weighted by Crippen LogP contribution is -2.34. The third-order valence-electron chi connectivity index (χ3n) is 2.99. The molecular weight excluding hydrogens is 242 g/mol. The predicted molar refractivity (Wildman–Crippen MR) is 75.8 cm³/mol. The van der Waals surface area contributed by atoms with E-state index in [0.717, 1.165) is 25.1 Å². The molecule has 0 unspecified atom stereocenters. The smallest absolute Gasteiger partial charge is 0.236 e. The van der Waals surface area contributed by atoms with Crippen molar-refractivity contribution in [3.8, 4) is 0 Å². The maximum Gasteiger partial charge on any atom is 0.236 e. The van der Waals surface area contributed by atoms with E-state index in [1.807, 2.05) is 17.9 Å². The first-order valence-corrected chi connectivity index (χ1v) is 6.75. The number of hydrogen-bond acceptors (Lipinski definition) is 4. The van der Waals surface area contributed by atoms with Gasteiger partial charge in [-0.05, 0) is 25.0 Å². The molecule has 0 aliphatic rings. The summed E-state index contributed by atoms with van der Waals surface area (Å²) < 4.78 is 0. The molecule has 0 bridgehead atoms. The van der Waals surface area contributed by atoms with E-state index in [2.05, 4.69) is 11.9 Å². The fraction of sp³-hybridized carbons (Fsp3) is 0.571. The van der Waals surface area contributed by atoms with Crippen LogP contribution in [0.4, 0.5) is 5.69 Å². The number of nitrogens with two attached hydrogens (primary N) is 1. The van der Waals surface area contributed by atoms with E-state index in [0.29, 0.717) is 12.1 Å². The molecule has 0 aliphatic carbocycles. The number of carbonyl (C=O) groups excluding carboxylic acids is 1. The molecule has 1 atom stereocenters. The minimum Gasteiger partial charge on any atom is -0.387 e. The third kappa shape index (κ3) is 4.87. The lowest BCUT2D eigenvalue weighted by Gasteiger charge is -2.23. The van der Waals surface area contributed by atoms with Crippen LogP contribution in [0.1, 0.15) is 44.9 Å². The van der Waals surface area contributed by atoms with Gasteiger partial charge in [0.05, 0.1) is 30.2 Å². The second kappa shape index (κ2) is 7.74. The fourth-order valence-corrected chi connectivity index (χ4v) is 1.83. The molecule has 0 saturated carbocycles. The summed E-state index contributed by atoms with van der Waals surface area (Å²) in [5, 5.41) is 9.70. The van der Waals surface area contributed by atoms with Gasteiger partial charge in [-0.25, -0.2) is 0 Å². The number of aliphatic hydroxyl groups excluding tert-OH is 1. The standard InChI is InChI=1S/C14H23N3O2/c1-3-5-8-17(10-14(15)19)11-6-7-12(16-9-11)13(18)4-2/h6-7,9,13,18H,3-5,8,10H2,1-2H3,(H2,15,19)/t13-/m0/s1. The Hall–Kier alpha value is -1.62. The third-order valence-corrected chi connectivity index (χ3v) is 2.99. The predicted octanol–water partition coefficient (Wildman–Crippen LogP) is 1.62. The maximum absolute atomic E-state index is 11.1. The van der Waals surface area contributed by atoms with Gasteiger partial charge in [0.2, 0.25) is 5.91 Å². The summed E-state index contributed by atoms with van der Waals surface area (Å²) >= 11 is 0. The summed E-state index contributed by atoms with van der Waals surface area (Å²) in [4.78, 5) is 17.2. The molecule has 106 valence electrons. The summed E-state index contributed by atoms with van der Waals surface area (Å²) in [6.45, 7) is 4.97. The first-order valence-electron chi connectivity index (χ1n) is 6.75. The molecule has 1 aromatic rings. The van der Waals surface area contributed by atoms with E-state index >= 15 is 0 Å². The van der Waals surface area contributed by atoms with Gasteiger partial charge < -0.3 is 15.7 Å². The van der Waals surface area contributed by atoms with E-state index in [1.165, 1.54) is 0 Å². The van der Waals surface area contributed by atoms with Gasteiger partial charge in [0.25, 0.3) is 0 Å². The second-order valence-electron chi connectivity index (χ2n) is 4.61. The summed E-state index contributed by atoms with van der Waals surface area (Å²) in [6.07, 6.45) is 3.83. The molecule has 0 saturated heterocycles. The molecule has 1 aromatic heterocycles. The van der Waals surface area contributed by atoms with Gasteiger partial charge in [0.15, 0.2) is 0 Å². The van der Waals surface area contributed by atoms with Crippen LogP contribution in [0.3, 0.4) is 0 Å². The zero-order valence-electron chi connectivity index (χ0n) is 11.7. The minimum atomic E-state index is -0.533. The van der Waals surface area contributed by atoms with E-state index in [-0.39, 0.29) is 12.5 Å². The minimum absolute atomic E-state index is 0.192. The SMILES string of the molecule is CCCCN(CC(N)=O)c1ccc([C@@H](O)CC)nc1. The Morgan fingerprint density at radius 2 is 2.21 bits per heavy atom. The van der Waals surface area contributed by atoms with Crippen molar-refractivity contribution in [1.82, 2.24) is 4.98 Å². The van der Waals surface area contributed by atoms with Gasteiger partial charge in [0, 0.05) is 6.54 Å². The Morgan fingerprint density at radius 1 is 1.47 bits per heavy atom. The molecule has 5 nitrogen and oxygen atoms in total. The quantitative estimate of drug-likeness (QED) is 0.748. The highest BCUT2D eigenvalue weighted by molar-refractivity contribution is 5.79. The highest BCUT2D eigenvalue weighted by Gasteiger charge is 2.11. The lowest BCUT2D eigenvalue weighted by atomic mass is 10.2. The van der Waals surface area contributed by atoms with Gasteiger partial charge in [0.1, 0.15) is 0 Å². The average molecular weight is 265 g/mol. The second-order valence-corrected chi connectivity index (χ2v) is 4.61. The van der Waals surface area contributed by atoms with Crippen molar-refractivity contribution < 1.29 is 9.90 Å². The van der Waals surface area contributed by atoms with Crippen molar-refractivity contribution >= 4 is 11.6 Å². The van der Waals surface area contributed by atoms with Crippen LogP contribution < -0.4 is 10.6 Å². The molecule has 1 rings (SSSR count). The van der Waals surface area contributed by atoms with Crippen LogP contribution in [-0.4, -0.2) is 29.1 Å². The largest absolute Gasteiger partial charge is 0.387 e. The highest BCUT2D eigenvalue weighted by Crippen LogP contribution is 2.18. The number of unbranched alkanes of at least 4 members (excludes halogenated alkanes) is 1. The van der Waals surface area contributed by atoms with Crippen molar-refractivity contribution in [1.29, 1.82) is 0 Å². The van der Waals surface area contributed by atoms with Crippen molar-refractivity contribution in [2.45, 2.75) is 39.2 Å². The molecule has 0 aromatic carbocycles. The van der Waals surface area contributed by atoms with Gasteiger partial charge in [-0.15, -0.1) is 0 Å². The number of amides is 1. The molecule has 0 fully saturated rings. The van der Waals surface area contributed by atoms with Crippen LogP contribution in [0.15, 0.2) is 18.3 Å². The number of carbonyl (C=O) groups is 1. The fourth-order valence-electron chi connectivity index (χ4n) is 1.83. The molecule has 0 aliphatic heterocycles. The van der Waals surface area contributed by atoms with Crippen LogP contribution in [0.5, 0.6) is 0 Å². The van der Waals surface area contributed by atoms with Crippen molar-refractivity contribution in [3.63, 3.8) is 0 Å². The van der Waals surface area contributed by atoms with Gasteiger partial charge in [-0.1, -0.05) is 20.3 Å². The Kier molecular flexibility index (Phi) is 6.29. The van der Waals surface area contributed by atoms with Gasteiger partial charge in [-0.2, -0.15) is 0 Å². The first kappa shape index (κ1) is 15.4. The molecule has 5 heteroatoms. The molecule has 19 heavy (non-hydrogen) atoms. The van der Waals surface area contributed by atoms with Crippen molar-refractivity contribution in [3.05, 3.63) is 24.0 Å². The average Bonchev–Trinajstić information content (AvgIpc) is 2.42. The number of rotatable bonds is 8. The van der Waals surface area contributed by atoms with E-state index in [9.17, 15) is 9.90 Å². The summed E-state index contributed by atoms with van der Waals surface area (Å²) in [5.41, 5.74) is 6.78. The van der Waals surface area contributed by atoms with E-state index < -0.39 is 6.10 Å². The Balaban J connectivity index is 2.80. The van der Waals surface area contributed by atoms with Crippen molar-refractivity contribution in [2.75, 3.05) is 18.0 Å². The highest BCUT2D eigenvalue weighted by atomic mass is 16.3. The van der Waals surface area contributed by atoms with Gasteiger partial charge >= 0.3 is 0 Å².